The fourth-order valence-corrected chi connectivity index (χ4v) is 5.02. The molecular formula is C23H25FN4O2. The summed E-state index contributed by atoms with van der Waals surface area (Å²) in [6.07, 6.45) is 6.96. The van der Waals surface area contributed by atoms with Crippen LogP contribution in [0.4, 0.5) is 4.39 Å². The maximum Gasteiger partial charge on any atom is 0.271 e. The second-order valence-electron chi connectivity index (χ2n) is 8.55. The number of allylic oxidation sites excluding steroid dienone is 1. The first-order valence-corrected chi connectivity index (χ1v) is 10.7. The number of hydrogen-bond donors (Lipinski definition) is 2. The minimum atomic E-state index is -0.490. The summed E-state index contributed by atoms with van der Waals surface area (Å²) in [6, 6.07) is 4.71. The number of rotatable bonds is 3. The largest absolute Gasteiger partial charge is 0.338 e. The minimum Gasteiger partial charge on any atom is -0.338 e. The van der Waals surface area contributed by atoms with Gasteiger partial charge in [0.2, 0.25) is 0 Å². The van der Waals surface area contributed by atoms with E-state index in [4.69, 9.17) is 0 Å². The summed E-state index contributed by atoms with van der Waals surface area (Å²) < 4.78 is 14.6. The molecule has 2 unspecified atom stereocenters. The van der Waals surface area contributed by atoms with Crippen LogP contribution in [0.3, 0.4) is 0 Å². The van der Waals surface area contributed by atoms with E-state index in [1.54, 1.807) is 17.0 Å². The first-order chi connectivity index (χ1) is 14.6. The molecule has 2 fully saturated rings. The van der Waals surface area contributed by atoms with Gasteiger partial charge in [-0.1, -0.05) is 18.2 Å². The summed E-state index contributed by atoms with van der Waals surface area (Å²) in [6.45, 7) is 3.30. The van der Waals surface area contributed by atoms with Crippen LogP contribution in [0.5, 0.6) is 0 Å². The number of aromatic amines is 1. The standard InChI is InChI=1S/C23H25FN4O2/c24-20-6-5-14(10-21-17-3-1-2-4-18(17)22(29)27-26-21)9-19(20)23(30)28-12-15-7-8-25-11-16(15)13-28/h2,4-6,9,15-16,25H,1,3,7-8,10-13H2,(H,27,29). The van der Waals surface area contributed by atoms with E-state index in [9.17, 15) is 14.0 Å². The number of piperidine rings is 1. The average Bonchev–Trinajstić information content (AvgIpc) is 3.21. The van der Waals surface area contributed by atoms with Gasteiger partial charge >= 0.3 is 0 Å². The van der Waals surface area contributed by atoms with E-state index in [1.807, 2.05) is 12.2 Å². The van der Waals surface area contributed by atoms with Crippen molar-refractivity contribution in [3.05, 3.63) is 68.4 Å². The summed E-state index contributed by atoms with van der Waals surface area (Å²) in [5.74, 6) is 0.240. The summed E-state index contributed by atoms with van der Waals surface area (Å²) in [5.41, 5.74) is 3.11. The number of amides is 1. The highest BCUT2D eigenvalue weighted by Crippen LogP contribution is 2.30. The quantitative estimate of drug-likeness (QED) is 0.816. The molecule has 2 N–H and O–H groups in total. The second kappa shape index (κ2) is 7.80. The van der Waals surface area contributed by atoms with Crippen LogP contribution in [0.15, 0.2) is 29.1 Å². The van der Waals surface area contributed by atoms with Crippen LogP contribution in [0.2, 0.25) is 0 Å². The molecule has 5 rings (SSSR count). The topological polar surface area (TPSA) is 78.1 Å². The predicted octanol–water partition coefficient (Wildman–Crippen LogP) is 2.14. The van der Waals surface area contributed by atoms with Crippen molar-refractivity contribution in [1.82, 2.24) is 20.4 Å². The molecule has 0 radical (unpaired) electrons. The average molecular weight is 408 g/mol. The SMILES string of the molecule is O=C(c1cc(Cc2n[nH]c(=O)c3c2CCC=C3)ccc1F)N1CC2CCNCC2C1. The molecule has 2 aliphatic heterocycles. The maximum atomic E-state index is 14.6. The van der Waals surface area contributed by atoms with Gasteiger partial charge in [-0.15, -0.1) is 0 Å². The molecule has 3 heterocycles. The van der Waals surface area contributed by atoms with Crippen molar-refractivity contribution in [3.8, 4) is 0 Å². The second-order valence-corrected chi connectivity index (χ2v) is 8.55. The third-order valence-electron chi connectivity index (χ3n) is 6.65. The lowest BCUT2D eigenvalue weighted by Crippen LogP contribution is -2.35. The molecular weight excluding hydrogens is 383 g/mol. The molecule has 1 aliphatic carbocycles. The Morgan fingerprint density at radius 2 is 2.13 bits per heavy atom. The van der Waals surface area contributed by atoms with Crippen LogP contribution >= 0.6 is 0 Å². The molecule has 2 aromatic rings. The zero-order valence-corrected chi connectivity index (χ0v) is 16.8. The van der Waals surface area contributed by atoms with Crippen molar-refractivity contribution in [2.24, 2.45) is 11.8 Å². The van der Waals surface area contributed by atoms with Crippen molar-refractivity contribution in [2.75, 3.05) is 26.2 Å². The molecule has 3 aliphatic rings. The minimum absolute atomic E-state index is 0.122. The number of H-pyrrole nitrogens is 1. The lowest BCUT2D eigenvalue weighted by Gasteiger charge is -2.23. The number of carbonyl (C=O) groups is 1. The molecule has 0 bridgehead atoms. The van der Waals surface area contributed by atoms with Gasteiger partial charge in [-0.3, -0.25) is 9.59 Å². The van der Waals surface area contributed by atoms with Gasteiger partial charge in [0.15, 0.2) is 0 Å². The van der Waals surface area contributed by atoms with Gasteiger partial charge in [0, 0.05) is 25.1 Å². The van der Waals surface area contributed by atoms with Crippen molar-refractivity contribution >= 4 is 12.0 Å². The number of likely N-dealkylation sites (tertiary alicyclic amines) is 1. The first-order valence-electron chi connectivity index (χ1n) is 10.7. The molecule has 6 nitrogen and oxygen atoms in total. The zero-order valence-electron chi connectivity index (χ0n) is 16.8. The molecule has 7 heteroatoms. The Kier molecular flexibility index (Phi) is 4.98. The van der Waals surface area contributed by atoms with E-state index in [-0.39, 0.29) is 17.0 Å². The monoisotopic (exact) mass is 408 g/mol. The van der Waals surface area contributed by atoms with Gasteiger partial charge in [-0.25, -0.2) is 9.49 Å². The van der Waals surface area contributed by atoms with E-state index in [0.29, 0.717) is 36.9 Å². The Hall–Kier alpha value is -2.80. The van der Waals surface area contributed by atoms with Crippen molar-refractivity contribution in [1.29, 1.82) is 0 Å². The smallest absolute Gasteiger partial charge is 0.271 e. The highest BCUT2D eigenvalue weighted by molar-refractivity contribution is 5.95. The van der Waals surface area contributed by atoms with Crippen LogP contribution in [0.1, 0.15) is 45.6 Å². The van der Waals surface area contributed by atoms with Gasteiger partial charge in [-0.05, 0) is 67.4 Å². The third-order valence-corrected chi connectivity index (χ3v) is 6.65. The van der Waals surface area contributed by atoms with E-state index in [2.05, 4.69) is 15.5 Å². The van der Waals surface area contributed by atoms with Gasteiger partial charge in [0.05, 0.1) is 11.3 Å². The van der Waals surface area contributed by atoms with E-state index < -0.39 is 5.82 Å². The van der Waals surface area contributed by atoms with Crippen LogP contribution < -0.4 is 10.9 Å². The Labute approximate surface area is 174 Å². The van der Waals surface area contributed by atoms with Crippen LogP contribution in [-0.2, 0) is 12.8 Å². The maximum absolute atomic E-state index is 14.6. The number of hydrogen-bond acceptors (Lipinski definition) is 4. The Morgan fingerprint density at radius 3 is 3.00 bits per heavy atom. The highest BCUT2D eigenvalue weighted by atomic mass is 19.1. The van der Waals surface area contributed by atoms with Gasteiger partial charge in [0.1, 0.15) is 5.82 Å². The fourth-order valence-electron chi connectivity index (χ4n) is 5.02. The van der Waals surface area contributed by atoms with E-state index in [1.165, 1.54) is 6.07 Å². The van der Waals surface area contributed by atoms with Crippen LogP contribution in [0, 0.1) is 17.7 Å². The number of carbonyl (C=O) groups excluding carboxylic acids is 1. The number of halogens is 1. The van der Waals surface area contributed by atoms with E-state index >= 15 is 0 Å². The molecule has 2 saturated heterocycles. The lowest BCUT2D eigenvalue weighted by molar-refractivity contribution is 0.0779. The number of nitrogens with zero attached hydrogens (tertiary/aromatic N) is 2. The Morgan fingerprint density at radius 1 is 1.27 bits per heavy atom. The molecule has 1 aromatic carbocycles. The molecule has 0 saturated carbocycles. The number of fused-ring (bicyclic) bond motifs is 2. The summed E-state index contributed by atoms with van der Waals surface area (Å²) in [5, 5.41) is 10.2. The van der Waals surface area contributed by atoms with Crippen LogP contribution in [0.25, 0.3) is 6.08 Å². The summed E-state index contributed by atoms with van der Waals surface area (Å²) in [4.78, 5) is 26.9. The normalized spacial score (nSPS) is 22.6. The molecule has 1 aromatic heterocycles. The van der Waals surface area contributed by atoms with Crippen molar-refractivity contribution in [3.63, 3.8) is 0 Å². The third kappa shape index (κ3) is 3.47. The van der Waals surface area contributed by atoms with Crippen molar-refractivity contribution in [2.45, 2.75) is 25.7 Å². The first kappa shape index (κ1) is 19.2. The highest BCUT2D eigenvalue weighted by Gasteiger charge is 2.37. The predicted molar refractivity (Wildman–Crippen MR) is 112 cm³/mol. The molecule has 156 valence electrons. The Bertz CT molecular complexity index is 1060. The number of nitrogens with one attached hydrogen (secondary N) is 2. The number of aromatic nitrogens is 2. The molecule has 30 heavy (non-hydrogen) atoms. The summed E-state index contributed by atoms with van der Waals surface area (Å²) in [7, 11) is 0. The molecule has 0 spiro atoms. The van der Waals surface area contributed by atoms with Gasteiger partial charge in [-0.2, -0.15) is 5.10 Å². The number of benzene rings is 1. The van der Waals surface area contributed by atoms with Gasteiger partial charge < -0.3 is 10.2 Å². The van der Waals surface area contributed by atoms with Crippen molar-refractivity contribution < 1.29 is 9.18 Å². The molecule has 2 atom stereocenters. The molecule has 1 amide bonds. The lowest BCUT2D eigenvalue weighted by atomic mass is 9.90. The Balaban J connectivity index is 1.40. The van der Waals surface area contributed by atoms with E-state index in [0.717, 1.165) is 49.2 Å². The van der Waals surface area contributed by atoms with Gasteiger partial charge in [0.25, 0.3) is 11.5 Å². The zero-order chi connectivity index (χ0) is 20.7. The van der Waals surface area contributed by atoms with Crippen LogP contribution in [-0.4, -0.2) is 47.2 Å². The fraction of sp³-hybridized carbons (Fsp3) is 0.435. The summed E-state index contributed by atoms with van der Waals surface area (Å²) >= 11 is 0.